The fourth-order valence-electron chi connectivity index (χ4n) is 2.36. The molecule has 1 aromatic rings. The van der Waals surface area contributed by atoms with E-state index in [9.17, 15) is 20.0 Å². The number of anilines is 1. The Balaban J connectivity index is 2.13. The number of hydrogen-bond acceptors (Lipinski definition) is 6. The molecule has 21 heavy (non-hydrogen) atoms. The summed E-state index contributed by atoms with van der Waals surface area (Å²) in [7, 11) is 0. The van der Waals surface area contributed by atoms with Gasteiger partial charge in [-0.3, -0.25) is 14.9 Å². The van der Waals surface area contributed by atoms with Gasteiger partial charge in [0.05, 0.1) is 16.6 Å². The van der Waals surface area contributed by atoms with Crippen LogP contribution in [0.4, 0.5) is 11.4 Å². The topological polar surface area (TPSA) is 131 Å². The zero-order chi connectivity index (χ0) is 15.6. The SMILES string of the molecule is Cc1cc(C(=O)NCC2CNCC2O)c(N)c([N+](=O)[O-])c1. The normalized spacial score (nSPS) is 21.2. The van der Waals surface area contributed by atoms with Crippen LogP contribution >= 0.6 is 0 Å². The number of carbonyl (C=O) groups excluding carboxylic acids is 1. The predicted molar refractivity (Wildman–Crippen MR) is 76.9 cm³/mol. The van der Waals surface area contributed by atoms with Crippen molar-refractivity contribution in [3.8, 4) is 0 Å². The molecule has 0 spiro atoms. The molecule has 8 heteroatoms. The molecule has 1 fully saturated rings. The van der Waals surface area contributed by atoms with Gasteiger partial charge < -0.3 is 21.5 Å². The van der Waals surface area contributed by atoms with Gasteiger partial charge in [0, 0.05) is 31.6 Å². The fraction of sp³-hybridized carbons (Fsp3) is 0.462. The Bertz CT molecular complexity index is 576. The minimum absolute atomic E-state index is 0.0741. The Morgan fingerprint density at radius 3 is 2.86 bits per heavy atom. The molecule has 1 heterocycles. The minimum Gasteiger partial charge on any atom is -0.393 e. The van der Waals surface area contributed by atoms with Gasteiger partial charge >= 0.3 is 0 Å². The van der Waals surface area contributed by atoms with E-state index in [1.807, 2.05) is 0 Å². The summed E-state index contributed by atoms with van der Waals surface area (Å²) in [6, 6.07) is 2.84. The van der Waals surface area contributed by atoms with Gasteiger partial charge in [-0.2, -0.15) is 0 Å². The molecule has 0 aromatic heterocycles. The zero-order valence-electron chi connectivity index (χ0n) is 11.6. The predicted octanol–water partition coefficient (Wildman–Crippen LogP) is -0.204. The van der Waals surface area contributed by atoms with Crippen molar-refractivity contribution in [2.45, 2.75) is 13.0 Å². The summed E-state index contributed by atoms with van der Waals surface area (Å²) in [5.41, 5.74) is 5.95. The average Bonchev–Trinajstić information content (AvgIpc) is 2.83. The zero-order valence-corrected chi connectivity index (χ0v) is 11.6. The Morgan fingerprint density at radius 2 is 2.29 bits per heavy atom. The summed E-state index contributed by atoms with van der Waals surface area (Å²) in [5.74, 6) is -0.548. The van der Waals surface area contributed by atoms with Crippen molar-refractivity contribution in [2.24, 2.45) is 5.92 Å². The second-order valence-electron chi connectivity index (χ2n) is 5.20. The number of hydrogen-bond donors (Lipinski definition) is 4. The summed E-state index contributed by atoms with van der Waals surface area (Å²) < 4.78 is 0. The smallest absolute Gasteiger partial charge is 0.293 e. The Hall–Kier alpha value is -2.19. The second-order valence-corrected chi connectivity index (χ2v) is 5.20. The molecular formula is C13H18N4O4. The summed E-state index contributed by atoms with van der Waals surface area (Å²) >= 11 is 0. The molecule has 1 aliphatic rings. The van der Waals surface area contributed by atoms with Crippen LogP contribution in [0.1, 0.15) is 15.9 Å². The third kappa shape index (κ3) is 3.29. The lowest BCUT2D eigenvalue weighted by atomic mass is 10.0. The highest BCUT2D eigenvalue weighted by Crippen LogP contribution is 2.27. The quantitative estimate of drug-likeness (QED) is 0.345. The molecule has 0 radical (unpaired) electrons. The van der Waals surface area contributed by atoms with Crippen molar-refractivity contribution < 1.29 is 14.8 Å². The molecule has 5 N–H and O–H groups in total. The van der Waals surface area contributed by atoms with Crippen molar-refractivity contribution >= 4 is 17.3 Å². The molecule has 1 aromatic carbocycles. The van der Waals surface area contributed by atoms with Crippen molar-refractivity contribution in [3.63, 3.8) is 0 Å². The molecule has 2 atom stereocenters. The van der Waals surface area contributed by atoms with Crippen LogP contribution in [-0.4, -0.2) is 41.7 Å². The van der Waals surface area contributed by atoms with Crippen molar-refractivity contribution in [1.82, 2.24) is 10.6 Å². The number of nitrogens with one attached hydrogen (secondary N) is 2. The lowest BCUT2D eigenvalue weighted by Crippen LogP contribution is -2.34. The number of nitrogens with zero attached hydrogens (tertiary/aromatic N) is 1. The maximum absolute atomic E-state index is 12.1. The van der Waals surface area contributed by atoms with E-state index in [4.69, 9.17) is 5.73 Å². The number of nitro benzene ring substituents is 1. The van der Waals surface area contributed by atoms with E-state index < -0.39 is 16.9 Å². The Labute approximate surface area is 121 Å². The number of nitrogen functional groups attached to an aromatic ring is 1. The van der Waals surface area contributed by atoms with E-state index in [1.165, 1.54) is 12.1 Å². The largest absolute Gasteiger partial charge is 0.393 e. The van der Waals surface area contributed by atoms with Crippen molar-refractivity contribution in [2.75, 3.05) is 25.4 Å². The summed E-state index contributed by atoms with van der Waals surface area (Å²) in [6.45, 7) is 3.06. The molecule has 0 aliphatic carbocycles. The van der Waals surface area contributed by atoms with Gasteiger partial charge in [-0.15, -0.1) is 0 Å². The highest BCUT2D eigenvalue weighted by atomic mass is 16.6. The number of rotatable bonds is 4. The van der Waals surface area contributed by atoms with Crippen LogP contribution < -0.4 is 16.4 Å². The molecule has 0 bridgehead atoms. The number of carbonyl (C=O) groups is 1. The third-order valence-corrected chi connectivity index (χ3v) is 3.57. The first-order chi connectivity index (χ1) is 9.90. The van der Waals surface area contributed by atoms with Gasteiger partial charge in [-0.05, 0) is 18.6 Å². The highest BCUT2D eigenvalue weighted by Gasteiger charge is 2.26. The number of nitro groups is 1. The molecule has 1 aliphatic heterocycles. The van der Waals surface area contributed by atoms with E-state index >= 15 is 0 Å². The number of aryl methyl sites for hydroxylation is 1. The molecule has 1 saturated heterocycles. The summed E-state index contributed by atoms with van der Waals surface area (Å²) in [5, 5.41) is 26.3. The first-order valence-corrected chi connectivity index (χ1v) is 6.61. The number of amides is 1. The van der Waals surface area contributed by atoms with Crippen LogP contribution in [0.15, 0.2) is 12.1 Å². The molecule has 8 nitrogen and oxygen atoms in total. The summed E-state index contributed by atoms with van der Waals surface area (Å²) in [6.07, 6.45) is -0.505. The van der Waals surface area contributed by atoms with E-state index in [2.05, 4.69) is 10.6 Å². The summed E-state index contributed by atoms with van der Waals surface area (Å²) in [4.78, 5) is 22.4. The maximum Gasteiger partial charge on any atom is 0.293 e. The number of aliphatic hydroxyl groups is 1. The van der Waals surface area contributed by atoms with Gasteiger partial charge in [0.25, 0.3) is 11.6 Å². The van der Waals surface area contributed by atoms with E-state index in [-0.39, 0.29) is 29.4 Å². The van der Waals surface area contributed by atoms with E-state index in [1.54, 1.807) is 6.92 Å². The molecule has 2 rings (SSSR count). The first-order valence-electron chi connectivity index (χ1n) is 6.61. The van der Waals surface area contributed by atoms with Gasteiger partial charge in [-0.25, -0.2) is 0 Å². The first kappa shape index (κ1) is 15.2. The van der Waals surface area contributed by atoms with Crippen molar-refractivity contribution in [1.29, 1.82) is 0 Å². The van der Waals surface area contributed by atoms with E-state index in [0.717, 1.165) is 0 Å². The Morgan fingerprint density at radius 1 is 1.57 bits per heavy atom. The van der Waals surface area contributed by atoms with Crippen molar-refractivity contribution in [3.05, 3.63) is 33.4 Å². The number of benzene rings is 1. The fourth-order valence-corrected chi connectivity index (χ4v) is 2.36. The number of β-amino-alcohol motifs (C(OH)–C–C–N with tert-alkyl or cyclic N) is 1. The van der Waals surface area contributed by atoms with Gasteiger partial charge in [0.2, 0.25) is 0 Å². The molecule has 2 unspecified atom stereocenters. The monoisotopic (exact) mass is 294 g/mol. The van der Waals surface area contributed by atoms with Crippen LogP contribution in [0.3, 0.4) is 0 Å². The number of aliphatic hydroxyl groups excluding tert-OH is 1. The van der Waals surface area contributed by atoms with Crippen LogP contribution in [0.5, 0.6) is 0 Å². The van der Waals surface area contributed by atoms with Crippen LogP contribution in [0, 0.1) is 23.0 Å². The van der Waals surface area contributed by atoms with Crippen LogP contribution in [-0.2, 0) is 0 Å². The van der Waals surface area contributed by atoms with Crippen LogP contribution in [0.25, 0.3) is 0 Å². The second kappa shape index (κ2) is 6.06. The lowest BCUT2D eigenvalue weighted by molar-refractivity contribution is -0.384. The van der Waals surface area contributed by atoms with Crippen LogP contribution in [0.2, 0.25) is 0 Å². The average molecular weight is 294 g/mol. The molecule has 0 saturated carbocycles. The lowest BCUT2D eigenvalue weighted by Gasteiger charge is -2.15. The highest BCUT2D eigenvalue weighted by molar-refractivity contribution is 6.01. The van der Waals surface area contributed by atoms with Gasteiger partial charge in [0.1, 0.15) is 5.69 Å². The van der Waals surface area contributed by atoms with E-state index in [0.29, 0.717) is 18.7 Å². The maximum atomic E-state index is 12.1. The third-order valence-electron chi connectivity index (χ3n) is 3.57. The Kier molecular flexibility index (Phi) is 4.39. The molecular weight excluding hydrogens is 276 g/mol. The van der Waals surface area contributed by atoms with Gasteiger partial charge in [-0.1, -0.05) is 0 Å². The minimum atomic E-state index is -0.607. The van der Waals surface area contributed by atoms with Gasteiger partial charge in [0.15, 0.2) is 0 Å². The number of nitrogens with two attached hydrogens (primary N) is 1. The molecule has 1 amide bonds. The standard InChI is InChI=1S/C13H18N4O4/c1-7-2-9(12(14)10(3-7)17(20)21)13(19)16-5-8-4-15-6-11(8)18/h2-3,8,11,15,18H,4-6,14H2,1H3,(H,16,19). The molecule has 114 valence electrons.